The number of nitrogens with one attached hydrogen (secondary N) is 2. The van der Waals surface area contributed by atoms with E-state index in [1.54, 1.807) is 0 Å². The van der Waals surface area contributed by atoms with E-state index in [9.17, 15) is 28.5 Å². The fourth-order valence-electron chi connectivity index (χ4n) is 1.96. The van der Waals surface area contributed by atoms with Crippen LogP contribution < -0.4 is 10.8 Å². The first-order chi connectivity index (χ1) is 12.7. The number of nitro groups is 1. The predicted octanol–water partition coefficient (Wildman–Crippen LogP) is 4.68. The van der Waals surface area contributed by atoms with E-state index in [0.29, 0.717) is 0 Å². The molecule has 0 bridgehead atoms. The minimum absolute atomic E-state index is 0.116. The number of halogens is 3. The van der Waals surface area contributed by atoms with Gasteiger partial charge in [0.25, 0.3) is 5.70 Å². The highest BCUT2D eigenvalue weighted by molar-refractivity contribution is 7.13. The van der Waals surface area contributed by atoms with E-state index in [1.807, 2.05) is 0 Å². The molecule has 11 heteroatoms. The van der Waals surface area contributed by atoms with Crippen LogP contribution in [0.25, 0.3) is 5.57 Å². The Kier molecular flexibility index (Phi) is 6.32. The lowest BCUT2D eigenvalue weighted by Crippen LogP contribution is -2.05. The van der Waals surface area contributed by atoms with Crippen molar-refractivity contribution >= 4 is 27.7 Å². The molecule has 0 atom stereocenters. The third-order valence-corrected chi connectivity index (χ3v) is 3.94. The van der Waals surface area contributed by atoms with Crippen LogP contribution in [-0.4, -0.2) is 9.91 Å². The van der Waals surface area contributed by atoms with Crippen LogP contribution in [0, 0.1) is 15.3 Å². The number of hydrogen-bond acceptors (Lipinski definition) is 7. The van der Waals surface area contributed by atoms with Gasteiger partial charge in [-0.25, -0.2) is 4.98 Å². The van der Waals surface area contributed by atoms with E-state index in [1.165, 1.54) is 23.0 Å². The summed E-state index contributed by atoms with van der Waals surface area (Å²) in [5, 5.41) is 26.0. The van der Waals surface area contributed by atoms with Gasteiger partial charge < -0.3 is 16.0 Å². The van der Waals surface area contributed by atoms with Gasteiger partial charge in [-0.1, -0.05) is 12.6 Å². The normalized spacial score (nSPS) is 12.6. The Balaban J connectivity index is 2.28. The highest BCUT2D eigenvalue weighted by Gasteiger charge is 2.30. The average Bonchev–Trinajstić information content (AvgIpc) is 3.06. The molecule has 2 rings (SSSR count). The zero-order valence-corrected chi connectivity index (χ0v) is 14.3. The molecule has 0 spiro atoms. The summed E-state index contributed by atoms with van der Waals surface area (Å²) in [6.07, 6.45) is -1.40. The SMILES string of the molecule is C=C/C(=C\C(=C/N[O-])c1csc(Nc2cccc(C(F)(F)F)c2)n1)[N+](=O)[O-]. The standard InChI is InChI=1S/C16H12F3N4O3S/c1-2-13(23(25)26)6-10(8-20-24)14-9-27-15(22-14)21-12-5-3-4-11(7-12)16(17,18)19/h2-9,20H,1H2,(H,21,22)/q-1/b10-8+,13-6+. The lowest BCUT2D eigenvalue weighted by molar-refractivity contribution is -0.418. The number of benzene rings is 1. The number of thiazole rings is 1. The van der Waals surface area contributed by atoms with E-state index in [4.69, 9.17) is 0 Å². The number of hydrogen-bond donors (Lipinski definition) is 2. The molecule has 0 aliphatic heterocycles. The molecule has 0 saturated heterocycles. The van der Waals surface area contributed by atoms with Crippen molar-refractivity contribution in [2.24, 2.45) is 0 Å². The van der Waals surface area contributed by atoms with Gasteiger partial charge in [-0.05, 0) is 24.4 Å². The first kappa shape index (κ1) is 20.1. The number of alkyl halides is 3. The van der Waals surface area contributed by atoms with Gasteiger partial charge in [-0.15, -0.1) is 11.3 Å². The molecule has 1 aromatic carbocycles. The van der Waals surface area contributed by atoms with Crippen molar-refractivity contribution < 1.29 is 18.1 Å². The Morgan fingerprint density at radius 2 is 2.11 bits per heavy atom. The maximum atomic E-state index is 12.8. The van der Waals surface area contributed by atoms with Crippen LogP contribution >= 0.6 is 11.3 Å². The van der Waals surface area contributed by atoms with Gasteiger partial charge in [0.1, 0.15) is 0 Å². The number of aromatic nitrogens is 1. The zero-order valence-electron chi connectivity index (χ0n) is 13.5. The molecule has 2 N–H and O–H groups in total. The Morgan fingerprint density at radius 3 is 2.70 bits per heavy atom. The molecule has 142 valence electrons. The summed E-state index contributed by atoms with van der Waals surface area (Å²) in [5.74, 6) is 0. The number of hydroxylamine groups is 1. The van der Waals surface area contributed by atoms with Gasteiger partial charge in [-0.3, -0.25) is 10.1 Å². The predicted molar refractivity (Wildman–Crippen MR) is 96.6 cm³/mol. The van der Waals surface area contributed by atoms with Crippen LogP contribution in [-0.2, 0) is 6.18 Å². The van der Waals surface area contributed by atoms with Crippen LogP contribution in [0.1, 0.15) is 11.3 Å². The van der Waals surface area contributed by atoms with Crippen molar-refractivity contribution in [1.82, 2.24) is 10.5 Å². The van der Waals surface area contributed by atoms with Crippen molar-refractivity contribution in [2.45, 2.75) is 6.18 Å². The molecule has 0 fully saturated rings. The minimum atomic E-state index is -4.48. The number of rotatable bonds is 7. The summed E-state index contributed by atoms with van der Waals surface area (Å²) in [4.78, 5) is 14.3. The molecule has 1 heterocycles. The molecule has 0 aliphatic rings. The number of nitrogens with zero attached hydrogens (tertiary/aromatic N) is 2. The first-order valence-electron chi connectivity index (χ1n) is 7.21. The highest BCUT2D eigenvalue weighted by Crippen LogP contribution is 2.32. The van der Waals surface area contributed by atoms with E-state index >= 15 is 0 Å². The van der Waals surface area contributed by atoms with Gasteiger partial charge in [0.05, 0.1) is 16.2 Å². The summed E-state index contributed by atoms with van der Waals surface area (Å²) in [6.45, 7) is 3.32. The summed E-state index contributed by atoms with van der Waals surface area (Å²) in [5.41, 5.74) is 0.868. The van der Waals surface area contributed by atoms with Crippen molar-refractivity contribution in [1.29, 1.82) is 0 Å². The number of anilines is 2. The van der Waals surface area contributed by atoms with Gasteiger partial charge in [0.15, 0.2) is 5.13 Å². The molecule has 2 aromatic rings. The average molecular weight is 397 g/mol. The maximum absolute atomic E-state index is 12.8. The van der Waals surface area contributed by atoms with Crippen LogP contribution in [0.2, 0.25) is 0 Å². The Morgan fingerprint density at radius 1 is 1.37 bits per heavy atom. The van der Waals surface area contributed by atoms with Gasteiger partial charge in [0, 0.05) is 28.8 Å². The molecule has 0 saturated carbocycles. The topological polar surface area (TPSA) is 103 Å². The summed E-state index contributed by atoms with van der Waals surface area (Å²) in [7, 11) is 0. The largest absolute Gasteiger partial charge is 0.761 e. The molecular formula is C16H12F3N4O3S-. The second-order valence-corrected chi connectivity index (χ2v) is 5.85. The second kappa shape index (κ2) is 8.47. The van der Waals surface area contributed by atoms with Crippen LogP contribution in [0.3, 0.4) is 0 Å². The van der Waals surface area contributed by atoms with E-state index in [-0.39, 0.29) is 27.8 Å². The molecule has 7 nitrogen and oxygen atoms in total. The molecular weight excluding hydrogens is 385 g/mol. The van der Waals surface area contributed by atoms with Crippen LogP contribution in [0.5, 0.6) is 0 Å². The lowest BCUT2D eigenvalue weighted by atomic mass is 10.2. The Bertz CT molecular complexity index is 906. The molecule has 0 aliphatic carbocycles. The van der Waals surface area contributed by atoms with Gasteiger partial charge in [-0.2, -0.15) is 13.2 Å². The molecule has 0 amide bonds. The lowest BCUT2D eigenvalue weighted by Gasteiger charge is -2.09. The van der Waals surface area contributed by atoms with E-state index in [0.717, 1.165) is 41.8 Å². The van der Waals surface area contributed by atoms with E-state index < -0.39 is 16.7 Å². The molecule has 0 unspecified atom stereocenters. The third-order valence-electron chi connectivity index (χ3n) is 3.18. The van der Waals surface area contributed by atoms with Crippen LogP contribution in [0.4, 0.5) is 24.0 Å². The van der Waals surface area contributed by atoms with Crippen molar-refractivity contribution in [3.8, 4) is 0 Å². The summed E-state index contributed by atoms with van der Waals surface area (Å²) < 4.78 is 38.3. The van der Waals surface area contributed by atoms with Gasteiger partial charge >= 0.3 is 6.18 Å². The Hall–Kier alpha value is -3.18. The molecule has 0 radical (unpaired) electrons. The minimum Gasteiger partial charge on any atom is -0.761 e. The highest BCUT2D eigenvalue weighted by atomic mass is 32.1. The van der Waals surface area contributed by atoms with E-state index in [2.05, 4.69) is 16.9 Å². The smallest absolute Gasteiger partial charge is 0.416 e. The third kappa shape index (κ3) is 5.39. The Labute approximate surface area is 155 Å². The van der Waals surface area contributed by atoms with Crippen molar-refractivity contribution in [2.75, 3.05) is 5.32 Å². The summed E-state index contributed by atoms with van der Waals surface area (Å²) >= 11 is 1.06. The van der Waals surface area contributed by atoms with Crippen molar-refractivity contribution in [3.05, 3.63) is 86.9 Å². The quantitative estimate of drug-likeness (QED) is 0.399. The maximum Gasteiger partial charge on any atom is 0.416 e. The zero-order chi connectivity index (χ0) is 20.0. The van der Waals surface area contributed by atoms with Crippen LogP contribution in [0.15, 0.2) is 60.3 Å². The fraction of sp³-hybridized carbons (Fsp3) is 0.0625. The molecule has 1 aromatic heterocycles. The molecule has 27 heavy (non-hydrogen) atoms. The second-order valence-electron chi connectivity index (χ2n) is 4.99. The fourth-order valence-corrected chi connectivity index (χ4v) is 2.70. The summed E-state index contributed by atoms with van der Waals surface area (Å²) in [6, 6.07) is 4.56. The number of allylic oxidation sites excluding steroid dienone is 3. The first-order valence-corrected chi connectivity index (χ1v) is 8.09. The van der Waals surface area contributed by atoms with Crippen molar-refractivity contribution in [3.63, 3.8) is 0 Å². The van der Waals surface area contributed by atoms with Gasteiger partial charge in [0.2, 0.25) is 0 Å². The monoisotopic (exact) mass is 397 g/mol.